The number of amidine groups is 1. The minimum absolute atomic E-state index is 0.177. The van der Waals surface area contributed by atoms with Crippen LogP contribution < -0.4 is 21.8 Å². The Kier molecular flexibility index (Phi) is 5.90. The van der Waals surface area contributed by atoms with Crippen LogP contribution in [0.5, 0.6) is 0 Å². The highest BCUT2D eigenvalue weighted by molar-refractivity contribution is 8.00. The van der Waals surface area contributed by atoms with E-state index in [1.807, 2.05) is 12.1 Å². The number of nitrogens with two attached hydrogens (primary N) is 2. The number of hydrogen-bond acceptors (Lipinski definition) is 5. The maximum absolute atomic E-state index is 14.2. The third-order valence-electron chi connectivity index (χ3n) is 3.74. The Bertz CT molecular complexity index is 964. The fourth-order valence-corrected chi connectivity index (χ4v) is 3.15. The van der Waals surface area contributed by atoms with Gasteiger partial charge in [-0.2, -0.15) is 0 Å². The van der Waals surface area contributed by atoms with Gasteiger partial charge in [-0.25, -0.2) is 20.2 Å². The number of hydrazone groups is 1. The van der Waals surface area contributed by atoms with Crippen molar-refractivity contribution in [2.45, 2.75) is 4.90 Å². The average molecular weight is 385 g/mol. The fraction of sp³-hybridized carbons (Fsp3) is 0. The average Bonchev–Trinajstić information content (AvgIpc) is 2.68. The summed E-state index contributed by atoms with van der Waals surface area (Å²) in [5, 5.41) is 3.71. The SMILES string of the molecule is NN/N=C(\N)c1cccc(SNc2cc(-c3ccccc3)c(F)cc2F)c1. The predicted octanol–water partition coefficient (Wildman–Crippen LogP) is 3.83. The molecular weight excluding hydrogens is 368 g/mol. The van der Waals surface area contributed by atoms with Crippen LogP contribution in [0.2, 0.25) is 0 Å². The molecule has 0 radical (unpaired) electrons. The van der Waals surface area contributed by atoms with E-state index in [1.54, 1.807) is 42.5 Å². The van der Waals surface area contributed by atoms with E-state index in [0.717, 1.165) is 11.0 Å². The summed E-state index contributed by atoms with van der Waals surface area (Å²) in [6.45, 7) is 0. The fourth-order valence-electron chi connectivity index (χ4n) is 2.43. The summed E-state index contributed by atoms with van der Waals surface area (Å²) in [4.78, 5) is 0.771. The molecule has 27 heavy (non-hydrogen) atoms. The van der Waals surface area contributed by atoms with Gasteiger partial charge in [0.1, 0.15) is 11.6 Å². The first-order valence-corrected chi connectivity index (χ1v) is 8.76. The molecular formula is C19H17F2N5S. The molecule has 138 valence electrons. The van der Waals surface area contributed by atoms with Crippen LogP contribution in [-0.2, 0) is 0 Å². The lowest BCUT2D eigenvalue weighted by Gasteiger charge is -2.11. The van der Waals surface area contributed by atoms with Gasteiger partial charge in [-0.05, 0) is 35.7 Å². The van der Waals surface area contributed by atoms with E-state index in [4.69, 9.17) is 11.6 Å². The molecule has 0 amide bonds. The topological polar surface area (TPSA) is 88.5 Å². The van der Waals surface area contributed by atoms with Crippen LogP contribution >= 0.6 is 11.9 Å². The summed E-state index contributed by atoms with van der Waals surface area (Å²) in [5.41, 5.74) is 9.74. The first kappa shape index (κ1) is 18.7. The molecule has 8 heteroatoms. The second-order valence-electron chi connectivity index (χ2n) is 5.54. The van der Waals surface area contributed by atoms with Gasteiger partial charge in [-0.1, -0.05) is 42.5 Å². The number of hydrazine groups is 1. The minimum atomic E-state index is -0.677. The Morgan fingerprint density at radius 3 is 2.44 bits per heavy atom. The highest BCUT2D eigenvalue weighted by Gasteiger charge is 2.12. The predicted molar refractivity (Wildman–Crippen MR) is 106 cm³/mol. The molecule has 0 aliphatic heterocycles. The smallest absolute Gasteiger partial charge is 0.152 e. The third-order valence-corrected chi connectivity index (χ3v) is 4.55. The van der Waals surface area contributed by atoms with E-state index in [-0.39, 0.29) is 11.5 Å². The summed E-state index contributed by atoms with van der Waals surface area (Å²) < 4.78 is 31.3. The Morgan fingerprint density at radius 2 is 1.70 bits per heavy atom. The lowest BCUT2D eigenvalue weighted by molar-refractivity contribution is 0.588. The van der Waals surface area contributed by atoms with Crippen LogP contribution in [0.4, 0.5) is 14.5 Å². The third kappa shape index (κ3) is 4.55. The van der Waals surface area contributed by atoms with Crippen molar-refractivity contribution in [1.82, 2.24) is 5.53 Å². The summed E-state index contributed by atoms with van der Waals surface area (Å²) >= 11 is 1.17. The summed E-state index contributed by atoms with van der Waals surface area (Å²) in [6, 6.07) is 18.4. The summed E-state index contributed by atoms with van der Waals surface area (Å²) in [5.74, 6) is 4.05. The lowest BCUT2D eigenvalue weighted by Crippen LogP contribution is -2.22. The molecule has 0 spiro atoms. The number of anilines is 1. The quantitative estimate of drug-likeness (QED) is 0.170. The van der Waals surface area contributed by atoms with Gasteiger partial charge in [0.2, 0.25) is 0 Å². The van der Waals surface area contributed by atoms with Gasteiger partial charge in [0.15, 0.2) is 5.84 Å². The Hall–Kier alpha value is -3.10. The molecule has 0 aliphatic rings. The molecule has 0 bridgehead atoms. The van der Waals surface area contributed by atoms with Crippen molar-refractivity contribution in [3.8, 4) is 11.1 Å². The second-order valence-corrected chi connectivity index (χ2v) is 6.42. The molecule has 0 atom stereocenters. The number of benzene rings is 3. The standard InChI is InChI=1S/C19H17F2N5S/c20-16-11-17(21)18(10-15(16)12-5-2-1-3-6-12)25-27-14-8-4-7-13(9-14)19(22)24-26-23/h1-11,25-26H,23H2,(H2,22,24). The van der Waals surface area contributed by atoms with Crippen LogP contribution in [0, 0.1) is 11.6 Å². The van der Waals surface area contributed by atoms with E-state index in [0.29, 0.717) is 16.7 Å². The number of hydrogen-bond donors (Lipinski definition) is 4. The number of nitrogens with one attached hydrogen (secondary N) is 2. The number of rotatable bonds is 6. The van der Waals surface area contributed by atoms with Crippen LogP contribution in [0.3, 0.4) is 0 Å². The van der Waals surface area contributed by atoms with Crippen LogP contribution in [0.25, 0.3) is 11.1 Å². The van der Waals surface area contributed by atoms with E-state index < -0.39 is 11.6 Å². The maximum atomic E-state index is 14.2. The minimum Gasteiger partial charge on any atom is -0.382 e. The van der Waals surface area contributed by atoms with Crippen molar-refractivity contribution in [1.29, 1.82) is 0 Å². The Morgan fingerprint density at radius 1 is 0.926 bits per heavy atom. The van der Waals surface area contributed by atoms with E-state index >= 15 is 0 Å². The zero-order valence-electron chi connectivity index (χ0n) is 14.1. The largest absolute Gasteiger partial charge is 0.382 e. The van der Waals surface area contributed by atoms with Gasteiger partial charge in [0.05, 0.1) is 5.69 Å². The van der Waals surface area contributed by atoms with Gasteiger partial charge >= 0.3 is 0 Å². The van der Waals surface area contributed by atoms with Crippen molar-refractivity contribution < 1.29 is 8.78 Å². The molecule has 0 fully saturated rings. The van der Waals surface area contributed by atoms with Crippen LogP contribution in [0.15, 0.2) is 76.7 Å². The highest BCUT2D eigenvalue weighted by Crippen LogP contribution is 2.31. The molecule has 3 rings (SSSR count). The van der Waals surface area contributed by atoms with E-state index in [2.05, 4.69) is 15.4 Å². The molecule has 3 aromatic rings. The van der Waals surface area contributed by atoms with Gasteiger partial charge in [0.25, 0.3) is 0 Å². The molecule has 5 nitrogen and oxygen atoms in total. The van der Waals surface area contributed by atoms with Crippen LogP contribution in [0.1, 0.15) is 5.56 Å². The van der Waals surface area contributed by atoms with Gasteiger partial charge < -0.3 is 10.5 Å². The van der Waals surface area contributed by atoms with Crippen molar-refractivity contribution in [3.05, 3.63) is 83.9 Å². The first-order chi connectivity index (χ1) is 13.1. The van der Waals surface area contributed by atoms with Crippen molar-refractivity contribution >= 4 is 23.5 Å². The van der Waals surface area contributed by atoms with Crippen molar-refractivity contribution in [2.75, 3.05) is 4.72 Å². The second kappa shape index (κ2) is 8.52. The number of halogens is 2. The molecule has 0 aliphatic carbocycles. The van der Waals surface area contributed by atoms with E-state index in [9.17, 15) is 8.78 Å². The monoisotopic (exact) mass is 385 g/mol. The van der Waals surface area contributed by atoms with Crippen molar-refractivity contribution in [3.63, 3.8) is 0 Å². The highest BCUT2D eigenvalue weighted by atomic mass is 32.2. The van der Waals surface area contributed by atoms with E-state index in [1.165, 1.54) is 18.0 Å². The molecule has 6 N–H and O–H groups in total. The number of nitrogens with zero attached hydrogens (tertiary/aromatic N) is 1. The first-order valence-electron chi connectivity index (χ1n) is 7.95. The molecule has 3 aromatic carbocycles. The Balaban J connectivity index is 1.83. The lowest BCUT2D eigenvalue weighted by atomic mass is 10.0. The molecule has 0 aromatic heterocycles. The summed E-state index contributed by atoms with van der Waals surface area (Å²) in [6.07, 6.45) is 0. The summed E-state index contributed by atoms with van der Waals surface area (Å²) in [7, 11) is 0. The normalized spacial score (nSPS) is 11.3. The molecule has 0 saturated heterocycles. The zero-order chi connectivity index (χ0) is 19.2. The molecule has 0 unspecified atom stereocenters. The van der Waals surface area contributed by atoms with Gasteiger partial charge in [0, 0.05) is 22.1 Å². The van der Waals surface area contributed by atoms with Gasteiger partial charge in [-0.15, -0.1) is 5.10 Å². The van der Waals surface area contributed by atoms with Crippen LogP contribution in [-0.4, -0.2) is 5.84 Å². The zero-order valence-corrected chi connectivity index (χ0v) is 14.9. The van der Waals surface area contributed by atoms with Gasteiger partial charge in [-0.3, -0.25) is 0 Å². The van der Waals surface area contributed by atoms with Crippen molar-refractivity contribution in [2.24, 2.45) is 16.7 Å². The maximum Gasteiger partial charge on any atom is 0.152 e. The Labute approximate surface area is 159 Å². The molecule has 0 saturated carbocycles. The molecule has 0 heterocycles.